The quantitative estimate of drug-likeness (QED) is 0.823. The Bertz CT molecular complexity index is 509. The number of primary amides is 1. The predicted octanol–water partition coefficient (Wildman–Crippen LogP) is 1.26. The van der Waals surface area contributed by atoms with Crippen LogP contribution >= 0.6 is 11.6 Å². The van der Waals surface area contributed by atoms with E-state index in [1.165, 1.54) is 0 Å². The Hall–Kier alpha value is -1.82. The molecule has 1 aliphatic rings. The fourth-order valence-electron chi connectivity index (χ4n) is 2.35. The topological polar surface area (TPSA) is 88.3 Å². The monoisotopic (exact) mass is 296 g/mol. The van der Waals surface area contributed by atoms with Crippen LogP contribution in [0.15, 0.2) is 18.2 Å². The van der Waals surface area contributed by atoms with Gasteiger partial charge in [-0.25, -0.2) is 9.78 Å². The lowest BCUT2D eigenvalue weighted by molar-refractivity contribution is 0.0669. The first kappa shape index (κ1) is 14.6. The van der Waals surface area contributed by atoms with E-state index in [0.717, 1.165) is 12.8 Å². The number of nitrogens with zero attached hydrogens (tertiary/aromatic N) is 2. The predicted molar refractivity (Wildman–Crippen MR) is 75.5 cm³/mol. The third-order valence-corrected chi connectivity index (χ3v) is 3.52. The first-order chi connectivity index (χ1) is 9.56. The minimum absolute atomic E-state index is 0.128. The van der Waals surface area contributed by atoms with Crippen LogP contribution in [0.25, 0.3) is 0 Å². The summed E-state index contributed by atoms with van der Waals surface area (Å²) in [4.78, 5) is 28.8. The molecule has 3 N–H and O–H groups in total. The number of nitrogens with one attached hydrogen (secondary N) is 1. The number of rotatable bonds is 3. The molecule has 3 amide bonds. The number of halogens is 1. The van der Waals surface area contributed by atoms with Crippen molar-refractivity contribution in [3.63, 3.8) is 0 Å². The molecule has 0 bridgehead atoms. The van der Waals surface area contributed by atoms with Crippen LogP contribution in [0, 0.1) is 5.92 Å². The summed E-state index contributed by atoms with van der Waals surface area (Å²) in [6, 6.07) is 4.46. The first-order valence-electron chi connectivity index (χ1n) is 6.51. The molecule has 0 aromatic carbocycles. The van der Waals surface area contributed by atoms with Crippen molar-refractivity contribution < 1.29 is 9.59 Å². The van der Waals surface area contributed by atoms with Crippen LogP contribution in [0.3, 0.4) is 0 Å². The number of pyridine rings is 1. The van der Waals surface area contributed by atoms with Crippen LogP contribution in [-0.2, 0) is 0 Å². The number of aromatic nitrogens is 1. The molecule has 0 aliphatic carbocycles. The van der Waals surface area contributed by atoms with Gasteiger partial charge in [0.1, 0.15) is 10.8 Å². The average Bonchev–Trinajstić information content (AvgIpc) is 2.44. The molecule has 7 heteroatoms. The normalized spacial score (nSPS) is 18.6. The van der Waals surface area contributed by atoms with E-state index in [0.29, 0.717) is 30.5 Å². The van der Waals surface area contributed by atoms with Crippen LogP contribution < -0.4 is 11.1 Å². The minimum atomic E-state index is -0.537. The van der Waals surface area contributed by atoms with E-state index >= 15 is 0 Å². The third kappa shape index (κ3) is 3.84. The summed E-state index contributed by atoms with van der Waals surface area (Å²) in [5.41, 5.74) is 5.40. The highest BCUT2D eigenvalue weighted by Gasteiger charge is 2.25. The lowest BCUT2D eigenvalue weighted by Crippen LogP contribution is -2.44. The number of likely N-dealkylation sites (tertiary alicyclic amines) is 1. The van der Waals surface area contributed by atoms with Crippen molar-refractivity contribution in [1.82, 2.24) is 15.2 Å². The molecular formula is C13H17ClN4O2. The molecule has 108 valence electrons. The lowest BCUT2D eigenvalue weighted by Gasteiger charge is -2.32. The van der Waals surface area contributed by atoms with Gasteiger partial charge in [0, 0.05) is 19.6 Å². The summed E-state index contributed by atoms with van der Waals surface area (Å²) in [5, 5.41) is 2.89. The van der Waals surface area contributed by atoms with Crippen molar-refractivity contribution in [2.24, 2.45) is 11.7 Å². The fraction of sp³-hybridized carbons (Fsp3) is 0.462. The molecule has 6 nitrogen and oxygen atoms in total. The van der Waals surface area contributed by atoms with E-state index in [9.17, 15) is 9.59 Å². The van der Waals surface area contributed by atoms with Crippen molar-refractivity contribution in [1.29, 1.82) is 0 Å². The van der Waals surface area contributed by atoms with Gasteiger partial charge >= 0.3 is 6.03 Å². The van der Waals surface area contributed by atoms with Gasteiger partial charge in [0.05, 0.1) is 0 Å². The molecule has 1 aliphatic heterocycles. The molecule has 0 saturated carbocycles. The van der Waals surface area contributed by atoms with Gasteiger partial charge < -0.3 is 16.0 Å². The molecule has 1 fully saturated rings. The minimum Gasteiger partial charge on any atom is -0.352 e. The summed E-state index contributed by atoms with van der Waals surface area (Å²) in [6.45, 7) is 1.77. The van der Waals surface area contributed by atoms with E-state index < -0.39 is 6.03 Å². The van der Waals surface area contributed by atoms with E-state index in [2.05, 4.69) is 10.3 Å². The van der Waals surface area contributed by atoms with E-state index in [1.54, 1.807) is 23.1 Å². The number of carbonyl (C=O) groups is 2. The molecule has 1 saturated heterocycles. The Morgan fingerprint density at radius 3 is 3.00 bits per heavy atom. The smallest absolute Gasteiger partial charge is 0.312 e. The van der Waals surface area contributed by atoms with Gasteiger partial charge in [0.15, 0.2) is 0 Å². The highest BCUT2D eigenvalue weighted by molar-refractivity contribution is 6.29. The number of carbonyl (C=O) groups excluding carboxylic acids is 2. The molecule has 2 rings (SSSR count). The summed E-state index contributed by atoms with van der Waals surface area (Å²) in [7, 11) is 0. The van der Waals surface area contributed by atoms with Crippen LogP contribution in [-0.4, -0.2) is 41.5 Å². The Kier molecular flexibility index (Phi) is 4.79. The molecule has 2 heterocycles. The molecule has 0 radical (unpaired) electrons. The van der Waals surface area contributed by atoms with Gasteiger partial charge in [-0.15, -0.1) is 0 Å². The number of amides is 3. The zero-order valence-electron chi connectivity index (χ0n) is 11.0. The number of piperidine rings is 1. The largest absolute Gasteiger partial charge is 0.352 e. The van der Waals surface area contributed by atoms with Gasteiger partial charge in [-0.2, -0.15) is 0 Å². The van der Waals surface area contributed by atoms with Crippen LogP contribution in [0.2, 0.25) is 5.15 Å². The maximum atomic E-state index is 12.3. The number of urea groups is 1. The lowest BCUT2D eigenvalue weighted by atomic mass is 9.97. The number of nitrogens with two attached hydrogens (primary N) is 1. The summed E-state index contributed by atoms with van der Waals surface area (Å²) in [6.07, 6.45) is 1.87. The number of hydrogen-bond donors (Lipinski definition) is 2. The summed E-state index contributed by atoms with van der Waals surface area (Å²) < 4.78 is 0. The Morgan fingerprint density at radius 1 is 1.50 bits per heavy atom. The van der Waals surface area contributed by atoms with Gasteiger partial charge in [-0.05, 0) is 30.9 Å². The summed E-state index contributed by atoms with van der Waals surface area (Å²) in [5.74, 6) is 0.0932. The molecule has 20 heavy (non-hydrogen) atoms. The van der Waals surface area contributed by atoms with Crippen LogP contribution in [0.1, 0.15) is 23.3 Å². The van der Waals surface area contributed by atoms with E-state index in [4.69, 9.17) is 17.3 Å². The molecule has 1 unspecified atom stereocenters. The summed E-state index contributed by atoms with van der Waals surface area (Å²) >= 11 is 5.80. The van der Waals surface area contributed by atoms with Crippen LogP contribution in [0.4, 0.5) is 4.79 Å². The molecular weight excluding hydrogens is 280 g/mol. The standard InChI is InChI=1S/C13H17ClN4O2/c14-11-5-1-4-10(17-11)12(19)18-6-2-3-9(8-18)7-16-13(15)20/h1,4-5,9H,2-3,6-8H2,(H3,15,16,20). The second kappa shape index (κ2) is 6.56. The highest BCUT2D eigenvalue weighted by Crippen LogP contribution is 2.18. The van der Waals surface area contributed by atoms with Gasteiger partial charge in [-0.1, -0.05) is 17.7 Å². The third-order valence-electron chi connectivity index (χ3n) is 3.31. The van der Waals surface area contributed by atoms with E-state index in [1.807, 2.05) is 0 Å². The molecule has 1 aromatic rings. The van der Waals surface area contributed by atoms with E-state index in [-0.39, 0.29) is 11.8 Å². The van der Waals surface area contributed by atoms with Crippen molar-refractivity contribution in [3.8, 4) is 0 Å². The van der Waals surface area contributed by atoms with Crippen molar-refractivity contribution in [2.45, 2.75) is 12.8 Å². The van der Waals surface area contributed by atoms with Gasteiger partial charge in [0.2, 0.25) is 0 Å². The van der Waals surface area contributed by atoms with Gasteiger partial charge in [0.25, 0.3) is 5.91 Å². The molecule has 0 spiro atoms. The van der Waals surface area contributed by atoms with Crippen molar-refractivity contribution >= 4 is 23.5 Å². The van der Waals surface area contributed by atoms with Crippen molar-refractivity contribution in [2.75, 3.05) is 19.6 Å². The second-order valence-electron chi connectivity index (χ2n) is 4.85. The van der Waals surface area contributed by atoms with Crippen LogP contribution in [0.5, 0.6) is 0 Å². The fourth-order valence-corrected chi connectivity index (χ4v) is 2.51. The Balaban J connectivity index is 1.98. The second-order valence-corrected chi connectivity index (χ2v) is 5.24. The van der Waals surface area contributed by atoms with Crippen molar-refractivity contribution in [3.05, 3.63) is 29.0 Å². The SMILES string of the molecule is NC(=O)NCC1CCCN(C(=O)c2cccc(Cl)n2)C1. The maximum absolute atomic E-state index is 12.3. The molecule has 1 atom stereocenters. The number of hydrogen-bond acceptors (Lipinski definition) is 3. The average molecular weight is 297 g/mol. The zero-order chi connectivity index (χ0) is 14.5. The molecule has 1 aromatic heterocycles. The Morgan fingerprint density at radius 2 is 2.30 bits per heavy atom. The first-order valence-corrected chi connectivity index (χ1v) is 6.89. The maximum Gasteiger partial charge on any atom is 0.312 e. The highest BCUT2D eigenvalue weighted by atomic mass is 35.5. The zero-order valence-corrected chi connectivity index (χ0v) is 11.8. The Labute approximate surface area is 122 Å². The van der Waals surface area contributed by atoms with Gasteiger partial charge in [-0.3, -0.25) is 4.79 Å².